The molecule has 1 atom stereocenters. The molecule has 1 aliphatic heterocycles. The monoisotopic (exact) mass is 285 g/mol. The molecule has 106 valence electrons. The number of carbonyl (C=O) groups excluding carboxylic acids is 1. The van der Waals surface area contributed by atoms with Crippen LogP contribution < -0.4 is 0 Å². The van der Waals surface area contributed by atoms with Gasteiger partial charge in [0.15, 0.2) is 0 Å². The van der Waals surface area contributed by atoms with E-state index in [1.54, 1.807) is 11.8 Å². The van der Waals surface area contributed by atoms with Crippen LogP contribution in [0.3, 0.4) is 0 Å². The van der Waals surface area contributed by atoms with Crippen LogP contribution in [-0.4, -0.2) is 47.9 Å². The van der Waals surface area contributed by atoms with Crippen LogP contribution in [0.15, 0.2) is 0 Å². The number of piperidine rings is 1. The van der Waals surface area contributed by atoms with E-state index in [4.69, 9.17) is 4.74 Å². The van der Waals surface area contributed by atoms with E-state index in [0.717, 1.165) is 12.8 Å². The average Bonchev–Trinajstić information content (AvgIpc) is 2.28. The molecule has 0 spiro atoms. The first-order valence-corrected chi connectivity index (χ1v) is 7.04. The molecule has 0 aromatic rings. The van der Waals surface area contributed by atoms with Gasteiger partial charge in [-0.15, -0.1) is 0 Å². The number of hydrogen-bond acceptors (Lipinski definition) is 4. The van der Waals surface area contributed by atoms with Gasteiger partial charge in [0, 0.05) is 12.3 Å². The third-order valence-corrected chi connectivity index (χ3v) is 3.53. The van der Waals surface area contributed by atoms with Gasteiger partial charge in [0.05, 0.1) is 6.61 Å². The van der Waals surface area contributed by atoms with Crippen LogP contribution >= 0.6 is 11.8 Å². The van der Waals surface area contributed by atoms with E-state index in [0.29, 0.717) is 19.6 Å². The number of ether oxygens (including phenoxy) is 1. The number of halogens is 3. The summed E-state index contributed by atoms with van der Waals surface area (Å²) in [5.41, 5.74) is -4.20. The molecule has 3 nitrogen and oxygen atoms in total. The lowest BCUT2D eigenvalue weighted by molar-refractivity contribution is -0.150. The maximum Gasteiger partial charge on any atom is 0.441 e. The number of rotatable bonds is 5. The van der Waals surface area contributed by atoms with Crippen LogP contribution in [0.2, 0.25) is 0 Å². The van der Waals surface area contributed by atoms with Crippen LogP contribution in [0.5, 0.6) is 0 Å². The Hall–Kier alpha value is -0.430. The van der Waals surface area contributed by atoms with E-state index >= 15 is 0 Å². The van der Waals surface area contributed by atoms with Crippen LogP contribution in [0.4, 0.5) is 13.2 Å². The van der Waals surface area contributed by atoms with Crippen molar-refractivity contribution in [3.8, 4) is 0 Å². The minimum absolute atomic E-state index is 0.0395. The Bertz CT molecular complexity index is 274. The third-order valence-electron chi connectivity index (χ3n) is 2.82. The first kappa shape index (κ1) is 15.6. The average molecular weight is 285 g/mol. The number of nitrogens with zero attached hydrogens (tertiary/aromatic N) is 1. The Kier molecular flexibility index (Phi) is 6.28. The summed E-state index contributed by atoms with van der Waals surface area (Å²) in [6.07, 6.45) is 2.52. The molecule has 1 rings (SSSR count). The Labute approximate surface area is 109 Å². The van der Waals surface area contributed by atoms with Crippen molar-refractivity contribution in [3.63, 3.8) is 0 Å². The fourth-order valence-electron chi connectivity index (χ4n) is 2.04. The first-order chi connectivity index (χ1) is 8.44. The highest BCUT2D eigenvalue weighted by atomic mass is 32.2. The number of alkyl halides is 3. The SMILES string of the molecule is CCOC(=O)C1CCCCN1CCSC(F)(F)F. The highest BCUT2D eigenvalue weighted by Gasteiger charge is 2.32. The molecule has 0 amide bonds. The van der Waals surface area contributed by atoms with E-state index in [1.807, 2.05) is 0 Å². The molecule has 1 unspecified atom stereocenters. The van der Waals surface area contributed by atoms with Gasteiger partial charge < -0.3 is 4.74 Å². The van der Waals surface area contributed by atoms with E-state index < -0.39 is 5.51 Å². The molecule has 18 heavy (non-hydrogen) atoms. The highest BCUT2D eigenvalue weighted by Crippen LogP contribution is 2.30. The van der Waals surface area contributed by atoms with Gasteiger partial charge in [-0.25, -0.2) is 0 Å². The second kappa shape index (κ2) is 7.23. The van der Waals surface area contributed by atoms with Gasteiger partial charge in [0.2, 0.25) is 0 Å². The van der Waals surface area contributed by atoms with E-state index in [1.165, 1.54) is 0 Å². The zero-order valence-electron chi connectivity index (χ0n) is 10.3. The fourth-order valence-corrected chi connectivity index (χ4v) is 2.60. The van der Waals surface area contributed by atoms with Crippen molar-refractivity contribution in [3.05, 3.63) is 0 Å². The van der Waals surface area contributed by atoms with Crippen LogP contribution in [0, 0.1) is 0 Å². The molecule has 0 aromatic heterocycles. The molecule has 7 heteroatoms. The predicted octanol–water partition coefficient (Wildman–Crippen LogP) is 2.66. The van der Waals surface area contributed by atoms with Crippen molar-refractivity contribution in [1.82, 2.24) is 4.90 Å². The molecule has 1 fully saturated rings. The van der Waals surface area contributed by atoms with Crippen LogP contribution in [-0.2, 0) is 9.53 Å². The van der Waals surface area contributed by atoms with E-state index in [2.05, 4.69) is 0 Å². The number of hydrogen-bond donors (Lipinski definition) is 0. The zero-order valence-corrected chi connectivity index (χ0v) is 11.1. The van der Waals surface area contributed by atoms with Gasteiger partial charge in [-0.2, -0.15) is 13.2 Å². The maximum atomic E-state index is 12.0. The number of esters is 1. The largest absolute Gasteiger partial charge is 0.465 e. The quantitative estimate of drug-likeness (QED) is 0.726. The summed E-state index contributed by atoms with van der Waals surface area (Å²) in [6.45, 7) is 2.97. The number of thioether (sulfide) groups is 1. The smallest absolute Gasteiger partial charge is 0.441 e. The normalized spacial score (nSPS) is 21.9. The van der Waals surface area contributed by atoms with E-state index in [9.17, 15) is 18.0 Å². The highest BCUT2D eigenvalue weighted by molar-refractivity contribution is 8.00. The molecule has 0 saturated carbocycles. The molecule has 1 saturated heterocycles. The van der Waals surface area contributed by atoms with Gasteiger partial charge in [-0.3, -0.25) is 9.69 Å². The lowest BCUT2D eigenvalue weighted by Gasteiger charge is -2.33. The van der Waals surface area contributed by atoms with Crippen molar-refractivity contribution >= 4 is 17.7 Å². The number of likely N-dealkylation sites (tertiary alicyclic amines) is 1. The van der Waals surface area contributed by atoms with Gasteiger partial charge in [0.1, 0.15) is 6.04 Å². The molecular weight excluding hydrogens is 267 g/mol. The number of carbonyl (C=O) groups is 1. The minimum atomic E-state index is -4.20. The zero-order chi connectivity index (χ0) is 13.6. The summed E-state index contributed by atoms with van der Waals surface area (Å²) in [6, 6.07) is -0.368. The minimum Gasteiger partial charge on any atom is -0.465 e. The van der Waals surface area contributed by atoms with Crippen LogP contribution in [0.25, 0.3) is 0 Å². The molecule has 0 radical (unpaired) electrons. The van der Waals surface area contributed by atoms with Crippen molar-refractivity contribution in [1.29, 1.82) is 0 Å². The van der Waals surface area contributed by atoms with Gasteiger partial charge >= 0.3 is 11.5 Å². The Morgan fingerprint density at radius 3 is 2.78 bits per heavy atom. The molecule has 0 aromatic carbocycles. The summed E-state index contributed by atoms with van der Waals surface area (Å²) in [5.74, 6) is -0.353. The summed E-state index contributed by atoms with van der Waals surface area (Å²) in [4.78, 5) is 13.5. The fraction of sp³-hybridized carbons (Fsp3) is 0.909. The standard InChI is InChI=1S/C11H18F3NO2S/c1-2-17-10(16)9-5-3-4-6-15(9)7-8-18-11(12,13)14/h9H,2-8H2,1H3. The lowest BCUT2D eigenvalue weighted by atomic mass is 10.0. The Balaban J connectivity index is 2.42. The summed E-state index contributed by atoms with van der Waals surface area (Å²) < 4.78 is 41.1. The molecule has 1 aliphatic rings. The Morgan fingerprint density at radius 1 is 1.44 bits per heavy atom. The summed E-state index contributed by atoms with van der Waals surface area (Å²) in [7, 11) is 0. The first-order valence-electron chi connectivity index (χ1n) is 6.05. The van der Waals surface area contributed by atoms with Gasteiger partial charge in [-0.05, 0) is 38.1 Å². The van der Waals surface area contributed by atoms with Crippen molar-refractivity contribution < 1.29 is 22.7 Å². The lowest BCUT2D eigenvalue weighted by Crippen LogP contribution is -2.46. The molecule has 0 aliphatic carbocycles. The summed E-state index contributed by atoms with van der Waals surface area (Å²) in [5, 5.41) is 0. The second-order valence-electron chi connectivity index (χ2n) is 4.09. The predicted molar refractivity (Wildman–Crippen MR) is 64.4 cm³/mol. The topological polar surface area (TPSA) is 29.5 Å². The second-order valence-corrected chi connectivity index (χ2v) is 5.25. The van der Waals surface area contributed by atoms with Crippen molar-refractivity contribution in [2.24, 2.45) is 0 Å². The molecule has 0 N–H and O–H groups in total. The van der Waals surface area contributed by atoms with E-state index in [-0.39, 0.29) is 36.1 Å². The molecular formula is C11H18F3NO2S. The van der Waals surface area contributed by atoms with Crippen LogP contribution in [0.1, 0.15) is 26.2 Å². The third kappa shape index (κ3) is 5.48. The molecule has 1 heterocycles. The Morgan fingerprint density at radius 2 is 2.17 bits per heavy atom. The molecule has 0 bridgehead atoms. The van der Waals surface area contributed by atoms with Gasteiger partial charge in [0.25, 0.3) is 0 Å². The van der Waals surface area contributed by atoms with Crippen molar-refractivity contribution in [2.45, 2.75) is 37.7 Å². The summed E-state index contributed by atoms with van der Waals surface area (Å²) >= 11 is -0.0395. The van der Waals surface area contributed by atoms with Crippen molar-refractivity contribution in [2.75, 3.05) is 25.4 Å². The maximum absolute atomic E-state index is 12.0. The van der Waals surface area contributed by atoms with Gasteiger partial charge in [-0.1, -0.05) is 6.42 Å².